The van der Waals surface area contributed by atoms with E-state index in [0.29, 0.717) is 0 Å². The number of nitrogens with zero attached hydrogens (tertiary/aromatic N) is 4. The van der Waals surface area contributed by atoms with Crippen LogP contribution in [0.4, 0.5) is 0 Å². The van der Waals surface area contributed by atoms with Gasteiger partial charge in [-0.05, 0) is 19.1 Å². The third-order valence-corrected chi connectivity index (χ3v) is 5.05. The summed E-state index contributed by atoms with van der Waals surface area (Å²) in [6.45, 7) is 1.79. The molecule has 0 bridgehead atoms. The van der Waals surface area contributed by atoms with Crippen molar-refractivity contribution in [2.24, 2.45) is 4.99 Å². The molecule has 1 aliphatic heterocycles. The Labute approximate surface area is 143 Å². The molecule has 1 N–H and O–H groups in total. The number of nitrogens with one attached hydrogen (secondary N) is 1. The highest BCUT2D eigenvalue weighted by molar-refractivity contribution is 7.95. The molecule has 0 saturated heterocycles. The van der Waals surface area contributed by atoms with Crippen LogP contribution in [0.3, 0.4) is 0 Å². The highest BCUT2D eigenvalue weighted by Crippen LogP contribution is 2.26. The van der Waals surface area contributed by atoms with Crippen LogP contribution in [-0.4, -0.2) is 13.6 Å². The van der Waals surface area contributed by atoms with E-state index in [9.17, 15) is 13.7 Å². The largest absolute Gasteiger partial charge is 0.340 e. The highest BCUT2D eigenvalue weighted by Gasteiger charge is 2.30. The molecule has 0 atom stereocenters. The normalized spacial score (nSPS) is 16.2. The molecule has 118 valence electrons. The van der Waals surface area contributed by atoms with E-state index in [0.717, 1.165) is 5.56 Å². The fourth-order valence-corrected chi connectivity index (χ4v) is 3.39. The molecule has 2 rings (SSSR count). The van der Waals surface area contributed by atoms with Gasteiger partial charge in [-0.3, -0.25) is 0 Å². The number of allylic oxidation sites excluding steroid dienone is 4. The number of sulfone groups is 1. The van der Waals surface area contributed by atoms with Crippen molar-refractivity contribution < 1.29 is 8.42 Å². The Kier molecular flexibility index (Phi) is 4.71. The third kappa shape index (κ3) is 3.00. The van der Waals surface area contributed by atoms with Crippen LogP contribution < -0.4 is 5.32 Å². The van der Waals surface area contributed by atoms with Gasteiger partial charge in [-0.2, -0.15) is 15.8 Å². The van der Waals surface area contributed by atoms with E-state index in [1.54, 1.807) is 37.3 Å². The van der Waals surface area contributed by atoms with Gasteiger partial charge in [-0.25, -0.2) is 13.4 Å². The summed E-state index contributed by atoms with van der Waals surface area (Å²) in [4.78, 5) is 2.88. The minimum atomic E-state index is -4.18. The zero-order valence-corrected chi connectivity index (χ0v) is 13.8. The summed E-state index contributed by atoms with van der Waals surface area (Å²) >= 11 is 5.89. The van der Waals surface area contributed by atoms with E-state index < -0.39 is 19.9 Å². The fraction of sp³-hybridized carbons (Fsp3) is 0.0667. The predicted molar refractivity (Wildman–Crippen MR) is 85.7 cm³/mol. The maximum atomic E-state index is 12.7. The van der Waals surface area contributed by atoms with Crippen LogP contribution in [0, 0.1) is 40.9 Å². The Bertz CT molecular complexity index is 1030. The first-order valence-electron chi connectivity index (χ1n) is 6.37. The number of hydrogen-bond donors (Lipinski definition) is 1. The first-order chi connectivity index (χ1) is 11.3. The zero-order chi connectivity index (χ0) is 17.9. The minimum Gasteiger partial charge on any atom is -0.340 e. The molecule has 0 fully saturated rings. The zero-order valence-electron chi connectivity index (χ0n) is 12.2. The van der Waals surface area contributed by atoms with E-state index in [1.807, 2.05) is 0 Å². The van der Waals surface area contributed by atoms with Crippen LogP contribution in [0.1, 0.15) is 5.56 Å². The molecule has 0 aliphatic carbocycles. The lowest BCUT2D eigenvalue weighted by Crippen LogP contribution is -2.26. The first kappa shape index (κ1) is 17.2. The summed E-state index contributed by atoms with van der Waals surface area (Å²) in [5, 5.41) is 29.2. The lowest BCUT2D eigenvalue weighted by Gasteiger charge is -2.15. The maximum Gasteiger partial charge on any atom is 0.218 e. The molecule has 7 nitrogen and oxygen atoms in total. The van der Waals surface area contributed by atoms with Crippen molar-refractivity contribution in [1.29, 1.82) is 15.8 Å². The molecule has 0 radical (unpaired) electrons. The van der Waals surface area contributed by atoms with Crippen molar-refractivity contribution >= 4 is 26.6 Å². The summed E-state index contributed by atoms with van der Waals surface area (Å²) in [5.41, 5.74) is -0.0702. The van der Waals surface area contributed by atoms with Gasteiger partial charge < -0.3 is 5.32 Å². The van der Waals surface area contributed by atoms with Crippen molar-refractivity contribution in [2.75, 3.05) is 0 Å². The fourth-order valence-electron chi connectivity index (χ4n) is 1.84. The Balaban J connectivity index is 2.67. The standard InChI is InChI=1S/C15H8ClN5O2S/c1-9-2-4-10(5-3-9)24(22,23)13(8-19)14-15(16)21-12(7-18)11(6-17)20-14/h2-5,20H,1H3. The number of aliphatic imine (C=N–C) groups is 1. The summed E-state index contributed by atoms with van der Waals surface area (Å²) < 4.78 is 25.3. The Hall–Kier alpha value is -3.12. The van der Waals surface area contributed by atoms with Crippen LogP contribution in [-0.2, 0) is 9.84 Å². The van der Waals surface area contributed by atoms with E-state index in [4.69, 9.17) is 22.1 Å². The molecular formula is C15H8ClN5O2S. The van der Waals surface area contributed by atoms with Crippen LogP contribution in [0.25, 0.3) is 0 Å². The number of aryl methyl sites for hydroxylation is 1. The van der Waals surface area contributed by atoms with Crippen LogP contribution in [0.5, 0.6) is 0 Å². The number of halogens is 1. The number of rotatable bonds is 2. The van der Waals surface area contributed by atoms with Gasteiger partial charge in [-0.15, -0.1) is 0 Å². The van der Waals surface area contributed by atoms with Crippen LogP contribution >= 0.6 is 11.6 Å². The molecule has 0 amide bonds. The first-order valence-corrected chi connectivity index (χ1v) is 8.23. The van der Waals surface area contributed by atoms with Gasteiger partial charge >= 0.3 is 0 Å². The van der Waals surface area contributed by atoms with Crippen LogP contribution in [0.15, 0.2) is 56.1 Å². The molecule has 1 aliphatic rings. The second-order valence-electron chi connectivity index (χ2n) is 4.61. The second kappa shape index (κ2) is 6.55. The molecule has 1 aromatic rings. The minimum absolute atomic E-state index is 0.100. The molecule has 1 aromatic carbocycles. The number of benzene rings is 1. The van der Waals surface area contributed by atoms with Gasteiger partial charge in [0.1, 0.15) is 23.9 Å². The van der Waals surface area contributed by atoms with Gasteiger partial charge in [0.15, 0.2) is 21.5 Å². The van der Waals surface area contributed by atoms with Gasteiger partial charge in [0.2, 0.25) is 9.84 Å². The van der Waals surface area contributed by atoms with E-state index in [1.165, 1.54) is 12.1 Å². The predicted octanol–water partition coefficient (Wildman–Crippen LogP) is 2.00. The monoisotopic (exact) mass is 357 g/mol. The average Bonchev–Trinajstić information content (AvgIpc) is 2.56. The summed E-state index contributed by atoms with van der Waals surface area (Å²) in [5.74, 6) is 0. The molecular weight excluding hydrogens is 350 g/mol. The van der Waals surface area contributed by atoms with Crippen molar-refractivity contribution in [3.63, 3.8) is 0 Å². The molecule has 0 saturated carbocycles. The van der Waals surface area contributed by atoms with E-state index >= 15 is 0 Å². The Morgan fingerprint density at radius 2 is 1.79 bits per heavy atom. The van der Waals surface area contributed by atoms with Gasteiger partial charge in [0, 0.05) is 0 Å². The molecule has 0 aromatic heterocycles. The average molecular weight is 358 g/mol. The van der Waals surface area contributed by atoms with E-state index in [2.05, 4.69) is 10.3 Å². The van der Waals surface area contributed by atoms with Gasteiger partial charge in [-0.1, -0.05) is 29.3 Å². The topological polar surface area (TPSA) is 130 Å². The summed E-state index contributed by atoms with van der Waals surface area (Å²) in [6, 6.07) is 10.8. The quantitative estimate of drug-likeness (QED) is 0.805. The molecule has 0 spiro atoms. The highest BCUT2D eigenvalue weighted by atomic mass is 35.5. The Morgan fingerprint density at radius 3 is 2.29 bits per heavy atom. The number of hydrogen-bond acceptors (Lipinski definition) is 7. The maximum absolute atomic E-state index is 12.7. The SMILES string of the molecule is Cc1ccc(S(=O)(=O)C(C#N)=C2NC(C#N)=C(C#N)N=C2Cl)cc1. The van der Waals surface area contributed by atoms with Crippen molar-refractivity contribution in [3.8, 4) is 18.2 Å². The van der Waals surface area contributed by atoms with Gasteiger partial charge in [0.05, 0.1) is 4.90 Å². The molecule has 9 heteroatoms. The molecule has 1 heterocycles. The summed E-state index contributed by atoms with van der Waals surface area (Å²) in [7, 11) is -4.18. The second-order valence-corrected chi connectivity index (χ2v) is 6.85. The van der Waals surface area contributed by atoms with Crippen molar-refractivity contribution in [3.05, 3.63) is 51.8 Å². The lowest BCUT2D eigenvalue weighted by atomic mass is 10.2. The third-order valence-electron chi connectivity index (χ3n) is 3.05. The lowest BCUT2D eigenvalue weighted by molar-refractivity contribution is 0.602. The van der Waals surface area contributed by atoms with E-state index in [-0.39, 0.29) is 22.0 Å². The molecule has 24 heavy (non-hydrogen) atoms. The van der Waals surface area contributed by atoms with Crippen molar-refractivity contribution in [2.45, 2.75) is 11.8 Å². The molecule has 0 unspecified atom stereocenters. The number of nitriles is 3. The smallest absolute Gasteiger partial charge is 0.218 e. The van der Waals surface area contributed by atoms with Gasteiger partial charge in [0.25, 0.3) is 0 Å². The Morgan fingerprint density at radius 1 is 1.17 bits per heavy atom. The van der Waals surface area contributed by atoms with Crippen molar-refractivity contribution in [1.82, 2.24) is 5.32 Å². The van der Waals surface area contributed by atoms with Crippen LogP contribution in [0.2, 0.25) is 0 Å². The summed E-state index contributed by atoms with van der Waals surface area (Å²) in [6.07, 6.45) is 0.